The van der Waals surface area contributed by atoms with E-state index in [9.17, 15) is 5.11 Å². The Balaban J connectivity index is 1.83. The van der Waals surface area contributed by atoms with Gasteiger partial charge in [0.25, 0.3) is 0 Å². The smallest absolute Gasteiger partial charge is 0.0651 e. The fourth-order valence-electron chi connectivity index (χ4n) is 3.22. The SMILES string of the molecule is CCCC1CCCC(O)(CCc2ccsc2)CC1. The van der Waals surface area contributed by atoms with Gasteiger partial charge in [-0.1, -0.05) is 32.6 Å². The lowest BCUT2D eigenvalue weighted by Gasteiger charge is -2.26. The molecule has 1 fully saturated rings. The van der Waals surface area contributed by atoms with Crippen molar-refractivity contribution in [1.82, 2.24) is 0 Å². The lowest BCUT2D eigenvalue weighted by Crippen LogP contribution is -2.28. The van der Waals surface area contributed by atoms with Gasteiger partial charge in [0.2, 0.25) is 0 Å². The Bertz CT molecular complexity index is 333. The van der Waals surface area contributed by atoms with Gasteiger partial charge in [-0.2, -0.15) is 11.3 Å². The Morgan fingerprint density at radius 3 is 3.00 bits per heavy atom. The zero-order valence-electron chi connectivity index (χ0n) is 11.5. The van der Waals surface area contributed by atoms with Crippen molar-refractivity contribution in [3.63, 3.8) is 0 Å². The second-order valence-electron chi connectivity index (χ2n) is 5.94. The first-order valence-electron chi connectivity index (χ1n) is 7.45. The number of rotatable bonds is 5. The van der Waals surface area contributed by atoms with Crippen molar-refractivity contribution in [3.05, 3.63) is 22.4 Å². The van der Waals surface area contributed by atoms with Crippen LogP contribution in [0, 0.1) is 5.92 Å². The molecule has 2 rings (SSSR count). The average Bonchev–Trinajstić information content (AvgIpc) is 2.81. The Morgan fingerprint density at radius 2 is 2.28 bits per heavy atom. The molecular formula is C16H26OS. The number of aryl methyl sites for hydroxylation is 1. The summed E-state index contributed by atoms with van der Waals surface area (Å²) in [6, 6.07) is 2.19. The summed E-state index contributed by atoms with van der Waals surface area (Å²) in [7, 11) is 0. The molecule has 0 bridgehead atoms. The van der Waals surface area contributed by atoms with Crippen LogP contribution in [0.3, 0.4) is 0 Å². The van der Waals surface area contributed by atoms with Gasteiger partial charge in [0, 0.05) is 0 Å². The third-order valence-electron chi connectivity index (χ3n) is 4.43. The summed E-state index contributed by atoms with van der Waals surface area (Å²) < 4.78 is 0. The number of hydrogen-bond donors (Lipinski definition) is 1. The Morgan fingerprint density at radius 1 is 1.39 bits per heavy atom. The molecule has 0 aliphatic heterocycles. The van der Waals surface area contributed by atoms with E-state index in [0.717, 1.165) is 31.6 Å². The number of thiophene rings is 1. The molecule has 1 aliphatic carbocycles. The average molecular weight is 266 g/mol. The second kappa shape index (κ2) is 6.72. The van der Waals surface area contributed by atoms with E-state index in [1.54, 1.807) is 11.3 Å². The first kappa shape index (κ1) is 14.1. The van der Waals surface area contributed by atoms with Crippen LogP contribution in [0.2, 0.25) is 0 Å². The molecule has 1 aromatic rings. The standard InChI is InChI=1S/C16H26OS/c1-2-4-14-5-3-9-16(17,10-6-14)11-7-15-8-12-18-13-15/h8,12-14,17H,2-7,9-11H2,1H3. The van der Waals surface area contributed by atoms with Gasteiger partial charge >= 0.3 is 0 Å². The van der Waals surface area contributed by atoms with Crippen LogP contribution in [0.25, 0.3) is 0 Å². The highest BCUT2D eigenvalue weighted by Gasteiger charge is 2.30. The van der Waals surface area contributed by atoms with Gasteiger partial charge < -0.3 is 5.11 Å². The van der Waals surface area contributed by atoms with Crippen LogP contribution >= 0.6 is 11.3 Å². The summed E-state index contributed by atoms with van der Waals surface area (Å²) in [4.78, 5) is 0. The minimum absolute atomic E-state index is 0.384. The van der Waals surface area contributed by atoms with E-state index < -0.39 is 0 Å². The zero-order valence-corrected chi connectivity index (χ0v) is 12.3. The van der Waals surface area contributed by atoms with Crippen LogP contribution in [0.4, 0.5) is 0 Å². The van der Waals surface area contributed by atoms with Crippen molar-refractivity contribution in [1.29, 1.82) is 0 Å². The van der Waals surface area contributed by atoms with E-state index in [4.69, 9.17) is 0 Å². The lowest BCUT2D eigenvalue weighted by molar-refractivity contribution is 0.0156. The van der Waals surface area contributed by atoms with Crippen molar-refractivity contribution in [2.75, 3.05) is 0 Å². The predicted octanol–water partition coefficient (Wildman–Crippen LogP) is 4.79. The topological polar surface area (TPSA) is 20.2 Å². The molecule has 0 aromatic carbocycles. The molecule has 0 spiro atoms. The third kappa shape index (κ3) is 4.10. The normalized spacial score (nSPS) is 29.1. The van der Waals surface area contributed by atoms with Gasteiger partial charge in [-0.25, -0.2) is 0 Å². The summed E-state index contributed by atoms with van der Waals surface area (Å²) in [5.41, 5.74) is 1.01. The van der Waals surface area contributed by atoms with Crippen LogP contribution < -0.4 is 0 Å². The van der Waals surface area contributed by atoms with Crippen LogP contribution in [0.15, 0.2) is 16.8 Å². The molecule has 2 unspecified atom stereocenters. The van der Waals surface area contributed by atoms with E-state index in [-0.39, 0.29) is 5.60 Å². The van der Waals surface area contributed by atoms with Crippen LogP contribution in [-0.4, -0.2) is 10.7 Å². The largest absolute Gasteiger partial charge is 0.390 e. The molecule has 0 amide bonds. The molecular weight excluding hydrogens is 240 g/mol. The molecule has 1 nitrogen and oxygen atoms in total. The molecule has 1 heterocycles. The Labute approximate surface area is 115 Å². The summed E-state index contributed by atoms with van der Waals surface area (Å²) in [5.74, 6) is 0.866. The third-order valence-corrected chi connectivity index (χ3v) is 5.16. The fraction of sp³-hybridized carbons (Fsp3) is 0.750. The Kier molecular flexibility index (Phi) is 5.25. The molecule has 1 saturated carbocycles. The van der Waals surface area contributed by atoms with E-state index in [2.05, 4.69) is 23.8 Å². The van der Waals surface area contributed by atoms with Crippen LogP contribution in [0.5, 0.6) is 0 Å². The summed E-state index contributed by atoms with van der Waals surface area (Å²) in [6.07, 6.45) is 10.4. The molecule has 1 N–H and O–H groups in total. The highest BCUT2D eigenvalue weighted by Crippen LogP contribution is 2.35. The molecule has 18 heavy (non-hydrogen) atoms. The molecule has 2 heteroatoms. The highest BCUT2D eigenvalue weighted by atomic mass is 32.1. The minimum Gasteiger partial charge on any atom is -0.390 e. The molecule has 102 valence electrons. The summed E-state index contributed by atoms with van der Waals surface area (Å²) in [5, 5.41) is 15.1. The van der Waals surface area contributed by atoms with Crippen molar-refractivity contribution in [3.8, 4) is 0 Å². The van der Waals surface area contributed by atoms with Crippen molar-refractivity contribution in [2.24, 2.45) is 5.92 Å². The van der Waals surface area contributed by atoms with Crippen LogP contribution in [-0.2, 0) is 6.42 Å². The minimum atomic E-state index is -0.384. The molecule has 2 atom stereocenters. The van der Waals surface area contributed by atoms with E-state index in [1.807, 2.05) is 0 Å². The first-order chi connectivity index (χ1) is 8.72. The second-order valence-corrected chi connectivity index (χ2v) is 6.72. The molecule has 0 saturated heterocycles. The van der Waals surface area contributed by atoms with Gasteiger partial charge in [-0.05, 0) is 60.4 Å². The summed E-state index contributed by atoms with van der Waals surface area (Å²) in [6.45, 7) is 2.27. The zero-order chi connectivity index (χ0) is 12.8. The quantitative estimate of drug-likeness (QED) is 0.760. The molecule has 1 aliphatic rings. The van der Waals surface area contributed by atoms with Crippen molar-refractivity contribution >= 4 is 11.3 Å². The molecule has 0 radical (unpaired) electrons. The summed E-state index contributed by atoms with van der Waals surface area (Å²) >= 11 is 1.75. The van der Waals surface area contributed by atoms with Crippen molar-refractivity contribution < 1.29 is 5.11 Å². The van der Waals surface area contributed by atoms with E-state index in [1.165, 1.54) is 37.7 Å². The fourth-order valence-corrected chi connectivity index (χ4v) is 3.92. The van der Waals surface area contributed by atoms with Gasteiger partial charge in [-0.15, -0.1) is 0 Å². The Hall–Kier alpha value is -0.340. The first-order valence-corrected chi connectivity index (χ1v) is 8.39. The van der Waals surface area contributed by atoms with Gasteiger partial charge in [0.1, 0.15) is 0 Å². The molecule has 1 aromatic heterocycles. The van der Waals surface area contributed by atoms with E-state index >= 15 is 0 Å². The highest BCUT2D eigenvalue weighted by molar-refractivity contribution is 7.07. The van der Waals surface area contributed by atoms with Gasteiger partial charge in [0.05, 0.1) is 5.60 Å². The number of aliphatic hydroxyl groups is 1. The monoisotopic (exact) mass is 266 g/mol. The number of hydrogen-bond acceptors (Lipinski definition) is 2. The van der Waals surface area contributed by atoms with E-state index in [0.29, 0.717) is 0 Å². The maximum Gasteiger partial charge on any atom is 0.0651 e. The van der Waals surface area contributed by atoms with Crippen LogP contribution in [0.1, 0.15) is 63.9 Å². The van der Waals surface area contributed by atoms with Gasteiger partial charge in [0.15, 0.2) is 0 Å². The van der Waals surface area contributed by atoms with Crippen molar-refractivity contribution in [2.45, 2.75) is 70.3 Å². The lowest BCUT2D eigenvalue weighted by atomic mass is 9.87. The maximum atomic E-state index is 10.7. The predicted molar refractivity (Wildman–Crippen MR) is 79.1 cm³/mol. The van der Waals surface area contributed by atoms with Gasteiger partial charge in [-0.3, -0.25) is 0 Å². The maximum absolute atomic E-state index is 10.7.